The van der Waals surface area contributed by atoms with E-state index in [2.05, 4.69) is 35.9 Å². The molecule has 0 saturated heterocycles. The molecule has 3 heterocycles. The van der Waals surface area contributed by atoms with Gasteiger partial charge in [0.25, 0.3) is 0 Å². The molecule has 2 N–H and O–H groups in total. The maximum Gasteiger partial charge on any atom is 0.197 e. The third-order valence-electron chi connectivity index (χ3n) is 2.46. The molecular formula is C11H7BrN4S. The Bertz CT molecular complexity index is 746. The normalized spacial score (nSPS) is 10.9. The Balaban J connectivity index is 2.30. The van der Waals surface area contributed by atoms with Crippen LogP contribution < -0.4 is 0 Å². The van der Waals surface area contributed by atoms with E-state index in [0.717, 1.165) is 26.8 Å². The summed E-state index contributed by atoms with van der Waals surface area (Å²) in [5.74, 6) is 0. The van der Waals surface area contributed by atoms with Crippen LogP contribution in [0.3, 0.4) is 0 Å². The molecule has 3 aromatic heterocycles. The van der Waals surface area contributed by atoms with Gasteiger partial charge < -0.3 is 9.97 Å². The third kappa shape index (κ3) is 1.89. The number of nitrogens with one attached hydrogen (secondary N) is 2. The van der Waals surface area contributed by atoms with E-state index in [4.69, 9.17) is 12.2 Å². The molecular weight excluding hydrogens is 300 g/mol. The molecule has 6 heteroatoms. The Labute approximate surface area is 110 Å². The molecule has 0 bridgehead atoms. The van der Waals surface area contributed by atoms with Crippen LogP contribution in [-0.4, -0.2) is 19.9 Å². The van der Waals surface area contributed by atoms with Gasteiger partial charge in [0, 0.05) is 34.0 Å². The van der Waals surface area contributed by atoms with E-state index in [0.29, 0.717) is 4.77 Å². The monoisotopic (exact) mass is 306 g/mol. The fourth-order valence-electron chi connectivity index (χ4n) is 1.73. The van der Waals surface area contributed by atoms with Gasteiger partial charge in [-0.1, -0.05) is 0 Å². The Hall–Kier alpha value is -1.53. The maximum absolute atomic E-state index is 5.02. The van der Waals surface area contributed by atoms with Gasteiger partial charge in [-0.05, 0) is 40.3 Å². The first kappa shape index (κ1) is 10.6. The molecule has 0 aliphatic heterocycles. The summed E-state index contributed by atoms with van der Waals surface area (Å²) in [7, 11) is 0. The standard InChI is InChI=1S/C11H7BrN4S/c12-6-3-7-8(5-15-10(7)14-4-6)9-1-2-13-11(17)16-9/h1-5H,(H,14,15)(H,13,16,17). The first-order valence-corrected chi connectivity index (χ1v) is 6.12. The summed E-state index contributed by atoms with van der Waals surface area (Å²) in [5.41, 5.74) is 2.80. The Morgan fingerprint density at radius 3 is 3.00 bits per heavy atom. The van der Waals surface area contributed by atoms with Crippen molar-refractivity contribution < 1.29 is 0 Å². The minimum atomic E-state index is 0.472. The number of aromatic amines is 2. The number of aromatic nitrogens is 4. The van der Waals surface area contributed by atoms with Gasteiger partial charge in [-0.15, -0.1) is 0 Å². The zero-order valence-corrected chi connectivity index (χ0v) is 11.0. The average Bonchev–Trinajstić information content (AvgIpc) is 2.71. The average molecular weight is 307 g/mol. The molecule has 0 aliphatic rings. The van der Waals surface area contributed by atoms with Crippen LogP contribution in [-0.2, 0) is 0 Å². The van der Waals surface area contributed by atoms with E-state index >= 15 is 0 Å². The van der Waals surface area contributed by atoms with Crippen molar-refractivity contribution in [1.29, 1.82) is 0 Å². The van der Waals surface area contributed by atoms with Crippen LogP contribution in [0.1, 0.15) is 0 Å². The van der Waals surface area contributed by atoms with Gasteiger partial charge in [0.2, 0.25) is 0 Å². The summed E-state index contributed by atoms with van der Waals surface area (Å²) in [6.45, 7) is 0. The first-order chi connectivity index (χ1) is 8.24. The lowest BCUT2D eigenvalue weighted by atomic mass is 10.1. The summed E-state index contributed by atoms with van der Waals surface area (Å²) in [6, 6.07) is 3.91. The van der Waals surface area contributed by atoms with Gasteiger partial charge in [-0.3, -0.25) is 0 Å². The molecule has 0 unspecified atom stereocenters. The van der Waals surface area contributed by atoms with Crippen LogP contribution >= 0.6 is 28.1 Å². The molecule has 0 fully saturated rings. The quantitative estimate of drug-likeness (QED) is 0.677. The lowest BCUT2D eigenvalue weighted by Gasteiger charge is -1.99. The molecule has 0 amide bonds. The predicted molar refractivity (Wildman–Crippen MR) is 72.2 cm³/mol. The highest BCUT2D eigenvalue weighted by atomic mass is 79.9. The molecule has 0 atom stereocenters. The van der Waals surface area contributed by atoms with Crippen molar-refractivity contribution >= 4 is 39.2 Å². The van der Waals surface area contributed by atoms with Crippen LogP contribution in [0.15, 0.2) is 35.2 Å². The van der Waals surface area contributed by atoms with Gasteiger partial charge in [-0.2, -0.15) is 0 Å². The number of halogens is 1. The minimum absolute atomic E-state index is 0.472. The molecule has 0 aliphatic carbocycles. The number of hydrogen-bond acceptors (Lipinski definition) is 3. The molecule has 3 aromatic rings. The molecule has 0 saturated carbocycles. The molecule has 17 heavy (non-hydrogen) atoms. The Morgan fingerprint density at radius 2 is 2.18 bits per heavy atom. The van der Waals surface area contributed by atoms with Crippen molar-refractivity contribution in [3.05, 3.63) is 40.0 Å². The van der Waals surface area contributed by atoms with E-state index in [9.17, 15) is 0 Å². The Kier molecular flexibility index (Phi) is 2.53. The highest BCUT2D eigenvalue weighted by Gasteiger charge is 2.07. The van der Waals surface area contributed by atoms with E-state index in [1.807, 2.05) is 18.3 Å². The number of H-pyrrole nitrogens is 2. The number of fused-ring (bicyclic) bond motifs is 1. The van der Waals surface area contributed by atoms with Gasteiger partial charge in [0.1, 0.15) is 5.65 Å². The minimum Gasteiger partial charge on any atom is -0.345 e. The van der Waals surface area contributed by atoms with E-state index in [1.54, 1.807) is 12.4 Å². The zero-order valence-electron chi connectivity index (χ0n) is 8.57. The van der Waals surface area contributed by atoms with Crippen LogP contribution in [0.2, 0.25) is 0 Å². The van der Waals surface area contributed by atoms with Crippen LogP contribution in [0, 0.1) is 4.77 Å². The van der Waals surface area contributed by atoms with Gasteiger partial charge in [-0.25, -0.2) is 9.97 Å². The van der Waals surface area contributed by atoms with Gasteiger partial charge >= 0.3 is 0 Å². The first-order valence-electron chi connectivity index (χ1n) is 4.92. The van der Waals surface area contributed by atoms with E-state index in [1.165, 1.54) is 0 Å². The van der Waals surface area contributed by atoms with Crippen molar-refractivity contribution in [3.63, 3.8) is 0 Å². The second-order valence-corrected chi connectivity index (χ2v) is 4.84. The summed E-state index contributed by atoms with van der Waals surface area (Å²) in [4.78, 5) is 14.5. The van der Waals surface area contributed by atoms with Crippen molar-refractivity contribution in [2.24, 2.45) is 0 Å². The van der Waals surface area contributed by atoms with Crippen LogP contribution in [0.4, 0.5) is 0 Å². The molecule has 4 nitrogen and oxygen atoms in total. The summed E-state index contributed by atoms with van der Waals surface area (Å²) >= 11 is 8.44. The lowest BCUT2D eigenvalue weighted by molar-refractivity contribution is 1.14. The highest BCUT2D eigenvalue weighted by Crippen LogP contribution is 2.27. The second kappa shape index (κ2) is 4.05. The number of nitrogens with zero attached hydrogens (tertiary/aromatic N) is 2. The molecule has 3 rings (SSSR count). The second-order valence-electron chi connectivity index (χ2n) is 3.54. The third-order valence-corrected chi connectivity index (χ3v) is 3.10. The number of rotatable bonds is 1. The predicted octanol–water partition coefficient (Wildman–Crippen LogP) is 3.44. The largest absolute Gasteiger partial charge is 0.345 e. The summed E-state index contributed by atoms with van der Waals surface area (Å²) in [6.07, 6.45) is 5.36. The summed E-state index contributed by atoms with van der Waals surface area (Å²) < 4.78 is 1.42. The number of pyridine rings is 1. The molecule has 0 aromatic carbocycles. The SMILES string of the molecule is S=c1nccc(-c2c[nH]c3ncc(Br)cc23)[nH]1. The van der Waals surface area contributed by atoms with Crippen molar-refractivity contribution in [1.82, 2.24) is 19.9 Å². The van der Waals surface area contributed by atoms with Crippen molar-refractivity contribution in [2.75, 3.05) is 0 Å². The molecule has 84 valence electrons. The molecule has 0 spiro atoms. The van der Waals surface area contributed by atoms with Crippen molar-refractivity contribution in [2.45, 2.75) is 0 Å². The smallest absolute Gasteiger partial charge is 0.197 e. The van der Waals surface area contributed by atoms with Crippen LogP contribution in [0.25, 0.3) is 22.3 Å². The van der Waals surface area contributed by atoms with Gasteiger partial charge in [0.05, 0.1) is 5.69 Å². The van der Waals surface area contributed by atoms with E-state index in [-0.39, 0.29) is 0 Å². The van der Waals surface area contributed by atoms with E-state index < -0.39 is 0 Å². The van der Waals surface area contributed by atoms with Gasteiger partial charge in [0.15, 0.2) is 4.77 Å². The summed E-state index contributed by atoms with van der Waals surface area (Å²) in [5, 5.41) is 1.04. The maximum atomic E-state index is 5.02. The van der Waals surface area contributed by atoms with Crippen molar-refractivity contribution in [3.8, 4) is 11.3 Å². The fourth-order valence-corrected chi connectivity index (χ4v) is 2.23. The Morgan fingerprint density at radius 1 is 1.29 bits per heavy atom. The highest BCUT2D eigenvalue weighted by molar-refractivity contribution is 9.10. The molecule has 0 radical (unpaired) electrons. The topological polar surface area (TPSA) is 57.4 Å². The number of hydrogen-bond donors (Lipinski definition) is 2. The van der Waals surface area contributed by atoms with Crippen LogP contribution in [0.5, 0.6) is 0 Å². The zero-order chi connectivity index (χ0) is 11.8. The fraction of sp³-hybridized carbons (Fsp3) is 0. The lowest BCUT2D eigenvalue weighted by Crippen LogP contribution is -1.85.